The third-order valence-electron chi connectivity index (χ3n) is 4.36. The Morgan fingerprint density at radius 2 is 1.55 bits per heavy atom. The minimum atomic E-state index is -0.846. The quantitative estimate of drug-likeness (QED) is 0.778. The lowest BCUT2D eigenvalue weighted by atomic mass is 9.87. The Morgan fingerprint density at radius 1 is 0.909 bits per heavy atom. The van der Waals surface area contributed by atoms with E-state index in [1.807, 2.05) is 39.1 Å². The third kappa shape index (κ3) is 2.60. The highest BCUT2D eigenvalue weighted by atomic mass is 32.1. The van der Waals surface area contributed by atoms with E-state index < -0.39 is 30.0 Å². The fourth-order valence-electron chi connectivity index (χ4n) is 2.26. The van der Waals surface area contributed by atoms with Gasteiger partial charge in [-0.3, -0.25) is 0 Å². The Hall–Kier alpha value is -1.24. The first-order chi connectivity index (χ1) is 10.2. The normalized spacial score (nSPS) is 19.6. The van der Waals surface area contributed by atoms with Crippen LogP contribution in [0.25, 0.3) is 11.1 Å². The maximum Gasteiger partial charge on any atom is 0.505 e. The fourth-order valence-corrected chi connectivity index (χ4v) is 3.13. The van der Waals surface area contributed by atoms with Gasteiger partial charge in [-0.25, -0.2) is 8.78 Å². The molecular weight excluding hydrogens is 305 g/mol. The van der Waals surface area contributed by atoms with E-state index in [1.165, 1.54) is 17.4 Å². The van der Waals surface area contributed by atoms with Gasteiger partial charge in [0.1, 0.15) is 0 Å². The average molecular weight is 322 g/mol. The van der Waals surface area contributed by atoms with E-state index in [9.17, 15) is 8.78 Å². The van der Waals surface area contributed by atoms with E-state index in [-0.39, 0.29) is 0 Å². The van der Waals surface area contributed by atoms with Gasteiger partial charge in [-0.15, -0.1) is 0 Å². The van der Waals surface area contributed by atoms with Crippen molar-refractivity contribution in [3.05, 3.63) is 41.3 Å². The van der Waals surface area contributed by atoms with Gasteiger partial charge in [-0.1, -0.05) is 6.07 Å². The Balaban J connectivity index is 1.87. The van der Waals surface area contributed by atoms with Crippen LogP contribution >= 0.6 is 11.3 Å². The molecule has 2 nitrogen and oxygen atoms in total. The summed E-state index contributed by atoms with van der Waals surface area (Å²) in [7, 11) is -0.436. The molecular formula is C16H17BF2O2S. The molecule has 2 aromatic rings. The van der Waals surface area contributed by atoms with Crippen LogP contribution in [-0.2, 0) is 9.31 Å². The molecule has 0 bridgehead atoms. The molecule has 1 aliphatic rings. The molecule has 116 valence electrons. The number of benzene rings is 1. The summed E-state index contributed by atoms with van der Waals surface area (Å²) >= 11 is 1.49. The average Bonchev–Trinajstić information content (AvgIpc) is 2.97. The first kappa shape index (κ1) is 15.7. The van der Waals surface area contributed by atoms with Gasteiger partial charge >= 0.3 is 7.12 Å². The second-order valence-electron chi connectivity index (χ2n) is 6.45. The van der Waals surface area contributed by atoms with Crippen molar-refractivity contribution < 1.29 is 18.1 Å². The molecule has 1 saturated heterocycles. The maximum atomic E-state index is 13.4. The van der Waals surface area contributed by atoms with Crippen LogP contribution in [0.2, 0.25) is 0 Å². The predicted molar refractivity (Wildman–Crippen MR) is 85.4 cm³/mol. The van der Waals surface area contributed by atoms with Crippen molar-refractivity contribution in [2.24, 2.45) is 0 Å². The van der Waals surface area contributed by atoms with Crippen molar-refractivity contribution >= 4 is 23.2 Å². The smallest absolute Gasteiger partial charge is 0.399 e. The second-order valence-corrected chi connectivity index (χ2v) is 7.40. The van der Waals surface area contributed by atoms with Crippen LogP contribution in [0.4, 0.5) is 8.78 Å². The first-order valence-electron chi connectivity index (χ1n) is 7.09. The van der Waals surface area contributed by atoms with Gasteiger partial charge in [0.15, 0.2) is 11.6 Å². The van der Waals surface area contributed by atoms with Gasteiger partial charge < -0.3 is 9.31 Å². The minimum absolute atomic E-state index is 0.399. The number of thiophene rings is 1. The first-order valence-corrected chi connectivity index (χ1v) is 7.97. The van der Waals surface area contributed by atoms with Gasteiger partial charge in [0, 0.05) is 4.78 Å². The van der Waals surface area contributed by atoms with Gasteiger partial charge in [0.25, 0.3) is 0 Å². The topological polar surface area (TPSA) is 18.5 Å². The largest absolute Gasteiger partial charge is 0.505 e. The predicted octanol–water partition coefficient (Wildman–Crippen LogP) is 3.99. The fraction of sp³-hybridized carbons (Fsp3) is 0.375. The van der Waals surface area contributed by atoms with E-state index in [2.05, 4.69) is 0 Å². The van der Waals surface area contributed by atoms with Crippen molar-refractivity contribution in [2.75, 3.05) is 0 Å². The van der Waals surface area contributed by atoms with Crippen molar-refractivity contribution in [1.82, 2.24) is 0 Å². The number of halogens is 2. The molecule has 0 amide bonds. The summed E-state index contributed by atoms with van der Waals surface area (Å²) < 4.78 is 39.3. The molecule has 1 aromatic heterocycles. The summed E-state index contributed by atoms with van der Waals surface area (Å²) in [5, 5.41) is 1.90. The Labute approximate surface area is 133 Å². The number of rotatable bonds is 2. The van der Waals surface area contributed by atoms with E-state index in [1.54, 1.807) is 6.07 Å². The van der Waals surface area contributed by atoms with Gasteiger partial charge in [0.05, 0.1) is 11.2 Å². The molecule has 0 N–H and O–H groups in total. The van der Waals surface area contributed by atoms with Gasteiger partial charge in [-0.05, 0) is 62.4 Å². The third-order valence-corrected chi connectivity index (χ3v) is 5.31. The molecule has 1 aliphatic heterocycles. The van der Waals surface area contributed by atoms with Gasteiger partial charge in [0.2, 0.25) is 0 Å². The number of hydrogen-bond acceptors (Lipinski definition) is 3. The molecule has 0 saturated carbocycles. The summed E-state index contributed by atoms with van der Waals surface area (Å²) in [6, 6.07) is 5.80. The Kier molecular flexibility index (Phi) is 3.66. The van der Waals surface area contributed by atoms with E-state index >= 15 is 0 Å². The Morgan fingerprint density at radius 3 is 2.14 bits per heavy atom. The molecule has 0 unspecified atom stereocenters. The van der Waals surface area contributed by atoms with Crippen LogP contribution in [-0.4, -0.2) is 18.3 Å². The molecule has 6 heteroatoms. The van der Waals surface area contributed by atoms with E-state index in [4.69, 9.17) is 9.31 Å². The van der Waals surface area contributed by atoms with Crippen LogP contribution < -0.4 is 4.78 Å². The van der Waals surface area contributed by atoms with Crippen molar-refractivity contribution in [2.45, 2.75) is 38.9 Å². The van der Waals surface area contributed by atoms with E-state index in [0.717, 1.165) is 16.4 Å². The summed E-state index contributed by atoms with van der Waals surface area (Å²) in [5.41, 5.74) is 0.666. The molecule has 22 heavy (non-hydrogen) atoms. The summed E-state index contributed by atoms with van der Waals surface area (Å²) in [6.07, 6.45) is 0. The molecule has 1 fully saturated rings. The molecule has 0 atom stereocenters. The highest BCUT2D eigenvalue weighted by molar-refractivity contribution is 7.21. The van der Waals surface area contributed by atoms with Crippen molar-refractivity contribution in [3.8, 4) is 11.1 Å². The van der Waals surface area contributed by atoms with Crippen LogP contribution in [0.5, 0.6) is 0 Å². The zero-order valence-corrected chi connectivity index (χ0v) is 13.8. The highest BCUT2D eigenvalue weighted by Gasteiger charge is 2.52. The van der Waals surface area contributed by atoms with Crippen molar-refractivity contribution in [3.63, 3.8) is 0 Å². The lowest BCUT2D eigenvalue weighted by molar-refractivity contribution is 0.00578. The van der Waals surface area contributed by atoms with Crippen LogP contribution in [0, 0.1) is 11.6 Å². The molecule has 0 radical (unpaired) electrons. The highest BCUT2D eigenvalue weighted by Crippen LogP contribution is 2.37. The minimum Gasteiger partial charge on any atom is -0.399 e. The molecule has 0 spiro atoms. The molecule has 1 aromatic carbocycles. The van der Waals surface area contributed by atoms with E-state index in [0.29, 0.717) is 5.56 Å². The van der Waals surface area contributed by atoms with Crippen LogP contribution in [0.15, 0.2) is 29.6 Å². The molecule has 0 aliphatic carbocycles. The zero-order chi connectivity index (χ0) is 16.1. The monoisotopic (exact) mass is 322 g/mol. The Bertz CT molecular complexity index is 696. The molecule has 3 rings (SSSR count). The number of hydrogen-bond donors (Lipinski definition) is 0. The second kappa shape index (κ2) is 5.15. The van der Waals surface area contributed by atoms with Crippen molar-refractivity contribution in [1.29, 1.82) is 0 Å². The van der Waals surface area contributed by atoms with Crippen LogP contribution in [0.3, 0.4) is 0 Å². The zero-order valence-electron chi connectivity index (χ0n) is 12.9. The lowest BCUT2D eigenvalue weighted by Gasteiger charge is -2.32. The standard InChI is InChI=1S/C16H17BF2O2S/c1-15(2)16(3,4)21-17(20-15)14-8-11(9-22-14)10-5-6-12(18)13(19)7-10/h5-9H,1-4H3. The summed E-state index contributed by atoms with van der Waals surface area (Å²) in [6.45, 7) is 7.99. The lowest BCUT2D eigenvalue weighted by Crippen LogP contribution is -2.41. The summed E-state index contributed by atoms with van der Waals surface area (Å²) in [5.74, 6) is -1.69. The summed E-state index contributed by atoms with van der Waals surface area (Å²) in [4.78, 5) is 0. The van der Waals surface area contributed by atoms with Gasteiger partial charge in [-0.2, -0.15) is 11.3 Å². The molecule has 2 heterocycles. The maximum absolute atomic E-state index is 13.4. The van der Waals surface area contributed by atoms with Crippen LogP contribution in [0.1, 0.15) is 27.7 Å². The SMILES string of the molecule is CC1(C)OB(c2cc(-c3ccc(F)c(F)c3)cs2)OC1(C)C.